The molecule has 7 nitrogen and oxygen atoms in total. The standard InChI is InChI=1S/C27H25F6N5O2S/c28-26(29,30)19-5-4-17(21(12-19)27(31,32)33)14-38-22-6-3-16(10-18(22)13-35-38)11-23-24(40)36-25(41-23)37-8-1-2-20(15-37)34-7-9-39/h3-6,10-13,20,34,39H,1-2,7-9,14-15H2/b23-11+/t20-/m0/s1. The number of aromatic nitrogens is 2. The van der Waals surface area contributed by atoms with E-state index in [2.05, 4.69) is 15.4 Å². The average Bonchev–Trinajstić information content (AvgIpc) is 3.49. The first-order valence-electron chi connectivity index (χ1n) is 12.8. The molecule has 1 aromatic heterocycles. The lowest BCUT2D eigenvalue weighted by Gasteiger charge is -2.33. The maximum Gasteiger partial charge on any atom is 0.416 e. The highest BCUT2D eigenvalue weighted by Gasteiger charge is 2.38. The molecule has 0 aliphatic carbocycles. The number of aliphatic hydroxyl groups is 1. The summed E-state index contributed by atoms with van der Waals surface area (Å²) in [6, 6.07) is 6.82. The number of halogens is 6. The number of nitrogens with one attached hydrogen (secondary N) is 1. The van der Waals surface area contributed by atoms with Gasteiger partial charge in [0.15, 0.2) is 5.17 Å². The number of piperidine rings is 1. The quantitative estimate of drug-likeness (QED) is 0.303. The van der Waals surface area contributed by atoms with E-state index in [1.807, 2.05) is 4.90 Å². The molecule has 1 amide bonds. The van der Waals surface area contributed by atoms with Gasteiger partial charge >= 0.3 is 12.4 Å². The van der Waals surface area contributed by atoms with Crippen molar-refractivity contribution in [1.29, 1.82) is 0 Å². The van der Waals surface area contributed by atoms with Gasteiger partial charge in [0, 0.05) is 31.1 Å². The molecule has 3 heterocycles. The topological polar surface area (TPSA) is 82.8 Å². The Kier molecular flexibility index (Phi) is 8.17. The predicted octanol–water partition coefficient (Wildman–Crippen LogP) is 5.14. The molecule has 5 rings (SSSR count). The summed E-state index contributed by atoms with van der Waals surface area (Å²) in [5, 5.41) is 17.7. The maximum absolute atomic E-state index is 13.6. The van der Waals surface area contributed by atoms with Crippen LogP contribution in [0.2, 0.25) is 0 Å². The number of amidine groups is 1. The molecule has 1 fully saturated rings. The van der Waals surface area contributed by atoms with Crippen molar-refractivity contribution in [2.45, 2.75) is 37.8 Å². The first-order valence-corrected chi connectivity index (χ1v) is 13.6. The number of aliphatic imine (C=N–C) groups is 1. The van der Waals surface area contributed by atoms with Crippen molar-refractivity contribution in [3.63, 3.8) is 0 Å². The number of hydrogen-bond donors (Lipinski definition) is 2. The van der Waals surface area contributed by atoms with E-state index >= 15 is 0 Å². The van der Waals surface area contributed by atoms with Gasteiger partial charge in [0.05, 0.1) is 40.9 Å². The van der Waals surface area contributed by atoms with Crippen LogP contribution in [0.1, 0.15) is 35.1 Å². The Morgan fingerprint density at radius 1 is 1.10 bits per heavy atom. The van der Waals surface area contributed by atoms with Gasteiger partial charge in [-0.1, -0.05) is 12.1 Å². The van der Waals surface area contributed by atoms with Gasteiger partial charge in [-0.25, -0.2) is 0 Å². The van der Waals surface area contributed by atoms with E-state index in [-0.39, 0.29) is 36.7 Å². The van der Waals surface area contributed by atoms with Crippen molar-refractivity contribution < 1.29 is 36.2 Å². The lowest BCUT2D eigenvalue weighted by atomic mass is 10.0. The Labute approximate surface area is 234 Å². The number of alkyl halides is 6. The lowest BCUT2D eigenvalue weighted by Crippen LogP contribution is -2.47. The molecule has 2 N–H and O–H groups in total. The summed E-state index contributed by atoms with van der Waals surface area (Å²) in [4.78, 5) is 19.3. The number of carbonyl (C=O) groups is 1. The Hall–Kier alpha value is -3.36. The number of amides is 1. The summed E-state index contributed by atoms with van der Waals surface area (Å²) >= 11 is 1.27. The molecule has 0 radical (unpaired) electrons. The largest absolute Gasteiger partial charge is 0.416 e. The van der Waals surface area contributed by atoms with Gasteiger partial charge in [0.2, 0.25) is 0 Å². The lowest BCUT2D eigenvalue weighted by molar-refractivity contribution is -0.143. The van der Waals surface area contributed by atoms with E-state index in [9.17, 15) is 31.1 Å². The zero-order valence-corrected chi connectivity index (χ0v) is 22.3. The van der Waals surface area contributed by atoms with Gasteiger partial charge in [0.1, 0.15) is 0 Å². The molecule has 0 saturated carbocycles. The van der Waals surface area contributed by atoms with Crippen molar-refractivity contribution in [2.24, 2.45) is 4.99 Å². The number of fused-ring (bicyclic) bond motifs is 1. The maximum atomic E-state index is 13.6. The molecule has 1 saturated heterocycles. The molecule has 2 aliphatic heterocycles. The third kappa shape index (κ3) is 6.60. The highest BCUT2D eigenvalue weighted by atomic mass is 32.2. The average molecular weight is 598 g/mol. The Balaban J connectivity index is 1.33. The van der Waals surface area contributed by atoms with Crippen molar-refractivity contribution in [3.05, 3.63) is 69.8 Å². The van der Waals surface area contributed by atoms with Gasteiger partial charge in [0.25, 0.3) is 5.91 Å². The van der Waals surface area contributed by atoms with Crippen LogP contribution in [0.4, 0.5) is 26.3 Å². The summed E-state index contributed by atoms with van der Waals surface area (Å²) in [6.07, 6.45) is -4.85. The van der Waals surface area contributed by atoms with Gasteiger partial charge in [-0.3, -0.25) is 9.48 Å². The fourth-order valence-electron chi connectivity index (χ4n) is 4.91. The molecule has 218 valence electrons. The summed E-state index contributed by atoms with van der Waals surface area (Å²) in [7, 11) is 0. The fraction of sp³-hybridized carbons (Fsp3) is 0.370. The number of likely N-dealkylation sites (tertiary alicyclic amines) is 1. The third-order valence-electron chi connectivity index (χ3n) is 6.87. The van der Waals surface area contributed by atoms with Crippen LogP contribution in [-0.4, -0.2) is 63.1 Å². The van der Waals surface area contributed by atoms with Crippen LogP contribution in [-0.2, 0) is 23.7 Å². The zero-order chi connectivity index (χ0) is 29.4. The molecule has 0 unspecified atom stereocenters. The molecule has 14 heteroatoms. The van der Waals surface area contributed by atoms with Crippen LogP contribution in [0.3, 0.4) is 0 Å². The highest BCUT2D eigenvalue weighted by Crippen LogP contribution is 2.38. The summed E-state index contributed by atoms with van der Waals surface area (Å²) < 4.78 is 81.1. The Bertz CT molecular complexity index is 1510. The molecule has 1 atom stereocenters. The normalized spacial score (nSPS) is 19.4. The highest BCUT2D eigenvalue weighted by molar-refractivity contribution is 8.18. The smallest absolute Gasteiger partial charge is 0.395 e. The molecule has 2 aromatic carbocycles. The monoisotopic (exact) mass is 597 g/mol. The first-order chi connectivity index (χ1) is 19.4. The number of nitrogens with zero attached hydrogens (tertiary/aromatic N) is 4. The van der Waals surface area contributed by atoms with Crippen LogP contribution in [0.15, 0.2) is 52.5 Å². The number of hydrogen-bond acceptors (Lipinski definition) is 6. The number of aliphatic hydroxyl groups excluding tert-OH is 1. The van der Waals surface area contributed by atoms with Crippen molar-refractivity contribution in [2.75, 3.05) is 26.2 Å². The van der Waals surface area contributed by atoms with E-state index in [0.29, 0.717) is 45.7 Å². The Morgan fingerprint density at radius 2 is 1.90 bits per heavy atom. The van der Waals surface area contributed by atoms with Gasteiger partial charge < -0.3 is 15.3 Å². The third-order valence-corrected chi connectivity index (χ3v) is 7.92. The van der Waals surface area contributed by atoms with Gasteiger partial charge in [-0.15, -0.1) is 0 Å². The van der Waals surface area contributed by atoms with Crippen molar-refractivity contribution >= 4 is 39.8 Å². The van der Waals surface area contributed by atoms with Crippen molar-refractivity contribution in [1.82, 2.24) is 20.0 Å². The van der Waals surface area contributed by atoms with E-state index in [4.69, 9.17) is 5.11 Å². The fourth-order valence-corrected chi connectivity index (χ4v) is 5.86. The van der Waals surface area contributed by atoms with E-state index in [0.717, 1.165) is 25.5 Å². The molecular weight excluding hydrogens is 572 g/mol. The molecular formula is C27H25F6N5O2S. The van der Waals surface area contributed by atoms with Crippen LogP contribution in [0.5, 0.6) is 0 Å². The minimum Gasteiger partial charge on any atom is -0.395 e. The van der Waals surface area contributed by atoms with Crippen LogP contribution in [0.25, 0.3) is 17.0 Å². The second-order valence-corrected chi connectivity index (χ2v) is 10.8. The predicted molar refractivity (Wildman–Crippen MR) is 143 cm³/mol. The van der Waals surface area contributed by atoms with Gasteiger partial charge in [-0.05, 0) is 66.1 Å². The molecule has 0 spiro atoms. The van der Waals surface area contributed by atoms with E-state index < -0.39 is 23.5 Å². The van der Waals surface area contributed by atoms with Crippen LogP contribution >= 0.6 is 11.8 Å². The molecule has 2 aliphatic rings. The molecule has 0 bridgehead atoms. The number of benzene rings is 2. The molecule has 3 aromatic rings. The van der Waals surface area contributed by atoms with Crippen LogP contribution in [0, 0.1) is 0 Å². The second kappa shape index (κ2) is 11.5. The summed E-state index contributed by atoms with van der Waals surface area (Å²) in [6.45, 7) is 1.60. The number of thioether (sulfide) groups is 1. The van der Waals surface area contributed by atoms with E-state index in [1.54, 1.807) is 24.3 Å². The minimum atomic E-state index is -4.98. The van der Waals surface area contributed by atoms with Gasteiger partial charge in [-0.2, -0.15) is 36.4 Å². The summed E-state index contributed by atoms with van der Waals surface area (Å²) in [5.74, 6) is -0.367. The van der Waals surface area contributed by atoms with Crippen molar-refractivity contribution in [3.8, 4) is 0 Å². The summed E-state index contributed by atoms with van der Waals surface area (Å²) in [5.41, 5.74) is -1.94. The Morgan fingerprint density at radius 3 is 2.63 bits per heavy atom. The first kappa shape index (κ1) is 29.1. The zero-order valence-electron chi connectivity index (χ0n) is 21.5. The number of rotatable bonds is 6. The SMILES string of the molecule is O=C1N=C(N2CCC[C@H](NCCO)C2)S/C1=C/c1ccc2c(cnn2Cc2ccc(C(F)(F)F)cc2C(F)(F)F)c1. The minimum absolute atomic E-state index is 0.0461. The van der Waals surface area contributed by atoms with Crippen LogP contribution < -0.4 is 5.32 Å². The van der Waals surface area contributed by atoms with E-state index in [1.165, 1.54) is 22.6 Å². The number of carbonyl (C=O) groups excluding carboxylic acids is 1. The second-order valence-electron chi connectivity index (χ2n) is 9.76. The molecule has 41 heavy (non-hydrogen) atoms.